The van der Waals surface area contributed by atoms with Gasteiger partial charge in [-0.15, -0.1) is 0 Å². The quantitative estimate of drug-likeness (QED) is 0.119. The van der Waals surface area contributed by atoms with Gasteiger partial charge in [-0.1, -0.05) is 60.7 Å². The number of rotatable bonds is 10. The first kappa shape index (κ1) is 32.9. The maximum Gasteiger partial charge on any atom is 0.418 e. The lowest BCUT2D eigenvalue weighted by Gasteiger charge is -2.25. The Morgan fingerprint density at radius 2 is 1.68 bits per heavy atom. The number of para-hydroxylation sites is 1. The summed E-state index contributed by atoms with van der Waals surface area (Å²) in [4.78, 5) is 31.8. The van der Waals surface area contributed by atoms with Crippen LogP contribution in [0.25, 0.3) is 22.0 Å². The number of pyridine rings is 1. The Morgan fingerprint density at radius 3 is 2.48 bits per heavy atom. The van der Waals surface area contributed by atoms with E-state index in [1.54, 1.807) is 37.3 Å². The van der Waals surface area contributed by atoms with Gasteiger partial charge in [0.05, 0.1) is 17.7 Å². The summed E-state index contributed by atoms with van der Waals surface area (Å²) in [5.41, 5.74) is 1.64. The van der Waals surface area contributed by atoms with Gasteiger partial charge in [0.1, 0.15) is 24.5 Å². The van der Waals surface area contributed by atoms with Crippen molar-refractivity contribution in [3.63, 3.8) is 0 Å². The fourth-order valence-electron chi connectivity index (χ4n) is 6.54. The van der Waals surface area contributed by atoms with Gasteiger partial charge in [0.2, 0.25) is 0 Å². The minimum atomic E-state index is -4.56. The van der Waals surface area contributed by atoms with Crippen LogP contribution in [0.2, 0.25) is 0 Å². The zero-order valence-electron chi connectivity index (χ0n) is 27.3. The molecule has 3 heterocycles. The van der Waals surface area contributed by atoms with Gasteiger partial charge >= 0.3 is 12.2 Å². The zero-order valence-corrected chi connectivity index (χ0v) is 27.3. The Balaban J connectivity index is 1.04. The summed E-state index contributed by atoms with van der Waals surface area (Å²) >= 11 is 0. The van der Waals surface area contributed by atoms with Crippen LogP contribution >= 0.6 is 0 Å². The monoisotopic (exact) mass is 681 g/mol. The number of nitrogens with one attached hydrogen (secondary N) is 1. The normalized spacial score (nSPS) is 17.2. The molecule has 0 bridgehead atoms. The number of unbranched alkanes of at least 4 members (excludes halogenated alkanes) is 1. The summed E-state index contributed by atoms with van der Waals surface area (Å²) in [6, 6.07) is 25.9. The molecule has 3 amide bonds. The molecule has 50 heavy (non-hydrogen) atoms. The number of fused-ring (bicyclic) bond motifs is 2. The van der Waals surface area contributed by atoms with E-state index >= 15 is 0 Å². The lowest BCUT2D eigenvalue weighted by molar-refractivity contribution is -0.136. The minimum absolute atomic E-state index is 0.108. The fraction of sp³-hybridized carbons (Fsp3) is 0.256. The number of halogens is 3. The molecule has 1 atom stereocenters. The molecule has 256 valence electrons. The second-order valence-electron chi connectivity index (χ2n) is 12.5. The Kier molecular flexibility index (Phi) is 8.81. The first-order chi connectivity index (χ1) is 24.1. The number of nitrogens with zero attached hydrogens (tertiary/aromatic N) is 2. The van der Waals surface area contributed by atoms with Crippen molar-refractivity contribution in [3.8, 4) is 28.4 Å². The van der Waals surface area contributed by atoms with E-state index in [-0.39, 0.29) is 18.0 Å². The van der Waals surface area contributed by atoms with E-state index in [0.29, 0.717) is 78.4 Å². The number of benzene rings is 4. The summed E-state index contributed by atoms with van der Waals surface area (Å²) in [6.45, 7) is 3.05. The second-order valence-corrected chi connectivity index (χ2v) is 12.5. The summed E-state index contributed by atoms with van der Waals surface area (Å²) in [5, 5.41) is 3.23. The number of alkyl halides is 3. The maximum absolute atomic E-state index is 14.0. The first-order valence-corrected chi connectivity index (χ1v) is 16.4. The number of carbonyl (C=O) groups excluding carboxylic acids is 2. The molecule has 1 fully saturated rings. The highest BCUT2D eigenvalue weighted by atomic mass is 19.4. The summed E-state index contributed by atoms with van der Waals surface area (Å²) < 4.78 is 59.2. The number of ether oxygens (including phenoxy) is 3. The SMILES string of the molecule is CC1(c2ccc3c(c2)OCCO3)NC(=O)N(CCCCOc2cccc(-c3c(Cc4ccccc4)cnc4c(C(F)(F)F)cccc34)c2)C1=O. The molecule has 1 saturated heterocycles. The topological polar surface area (TPSA) is 90.0 Å². The maximum atomic E-state index is 14.0. The number of hydrogen-bond donors (Lipinski definition) is 1. The van der Waals surface area contributed by atoms with Crippen LogP contribution in [0.3, 0.4) is 0 Å². The number of carbonyl (C=O) groups is 2. The van der Waals surface area contributed by atoms with E-state index in [4.69, 9.17) is 14.2 Å². The van der Waals surface area contributed by atoms with Gasteiger partial charge in [-0.2, -0.15) is 13.2 Å². The van der Waals surface area contributed by atoms with Crippen LogP contribution in [0, 0.1) is 0 Å². The van der Waals surface area contributed by atoms with Crippen molar-refractivity contribution in [1.82, 2.24) is 15.2 Å². The third-order valence-corrected chi connectivity index (χ3v) is 9.08. The largest absolute Gasteiger partial charge is 0.494 e. The van der Waals surface area contributed by atoms with Crippen LogP contribution in [0.1, 0.15) is 42.0 Å². The summed E-state index contributed by atoms with van der Waals surface area (Å²) in [5.74, 6) is 1.33. The van der Waals surface area contributed by atoms with E-state index in [1.165, 1.54) is 17.2 Å². The van der Waals surface area contributed by atoms with Crippen LogP contribution < -0.4 is 19.5 Å². The lowest BCUT2D eigenvalue weighted by atomic mass is 9.91. The minimum Gasteiger partial charge on any atom is -0.494 e. The lowest BCUT2D eigenvalue weighted by Crippen LogP contribution is -2.41. The van der Waals surface area contributed by atoms with Crippen LogP contribution in [0.15, 0.2) is 97.2 Å². The van der Waals surface area contributed by atoms with Crippen LogP contribution in [-0.2, 0) is 22.9 Å². The van der Waals surface area contributed by atoms with Crippen molar-refractivity contribution in [3.05, 3.63) is 119 Å². The molecular formula is C39H34F3N3O5. The van der Waals surface area contributed by atoms with Gasteiger partial charge in [-0.25, -0.2) is 4.79 Å². The van der Waals surface area contributed by atoms with E-state index in [1.807, 2.05) is 48.5 Å². The highest BCUT2D eigenvalue weighted by Crippen LogP contribution is 2.40. The number of aromatic nitrogens is 1. The van der Waals surface area contributed by atoms with Crippen LogP contribution in [0.5, 0.6) is 17.2 Å². The van der Waals surface area contributed by atoms with Crippen LogP contribution in [0.4, 0.5) is 18.0 Å². The van der Waals surface area contributed by atoms with E-state index in [9.17, 15) is 22.8 Å². The average molecular weight is 682 g/mol. The average Bonchev–Trinajstić information content (AvgIpc) is 3.34. The Labute approximate surface area is 286 Å². The number of urea groups is 1. The van der Waals surface area contributed by atoms with Crippen molar-refractivity contribution in [2.45, 2.75) is 37.9 Å². The Hall–Kier alpha value is -5.58. The standard InChI is InChI=1S/C39H34F3N3O5/c1-38(28-15-16-32-33(23-28)50-20-19-49-32)36(46)45(37(47)44-38)17-5-6-18-48-29-12-7-11-26(22-29)34-27(21-25-9-3-2-4-10-25)24-43-35-30(34)13-8-14-31(35)39(40,41)42/h2-4,7-16,22-24H,5-6,17-21H2,1H3,(H,44,47). The molecule has 5 aromatic rings. The molecule has 0 saturated carbocycles. The summed E-state index contributed by atoms with van der Waals surface area (Å²) in [7, 11) is 0. The third kappa shape index (κ3) is 6.43. The van der Waals surface area contributed by atoms with E-state index in [2.05, 4.69) is 10.3 Å². The molecule has 4 aromatic carbocycles. The number of imide groups is 1. The van der Waals surface area contributed by atoms with Crippen LogP contribution in [-0.4, -0.2) is 48.2 Å². The predicted octanol–water partition coefficient (Wildman–Crippen LogP) is 7.91. The highest BCUT2D eigenvalue weighted by molar-refractivity contribution is 6.07. The van der Waals surface area contributed by atoms with Gasteiger partial charge in [0.15, 0.2) is 11.5 Å². The van der Waals surface area contributed by atoms with Gasteiger partial charge in [0, 0.05) is 18.1 Å². The van der Waals surface area contributed by atoms with Gasteiger partial charge in [-0.3, -0.25) is 14.7 Å². The van der Waals surface area contributed by atoms with Crippen molar-refractivity contribution in [2.24, 2.45) is 0 Å². The molecule has 2 aliphatic heterocycles. The first-order valence-electron chi connectivity index (χ1n) is 16.4. The number of amides is 3. The molecule has 1 N–H and O–H groups in total. The Morgan fingerprint density at radius 1 is 0.900 bits per heavy atom. The van der Waals surface area contributed by atoms with Gasteiger partial charge < -0.3 is 19.5 Å². The molecule has 0 aliphatic carbocycles. The van der Waals surface area contributed by atoms with Gasteiger partial charge in [-0.05, 0) is 84.3 Å². The zero-order chi connectivity index (χ0) is 34.9. The second kappa shape index (κ2) is 13.4. The molecule has 0 spiro atoms. The molecule has 1 aromatic heterocycles. The predicted molar refractivity (Wildman–Crippen MR) is 181 cm³/mol. The van der Waals surface area contributed by atoms with Crippen molar-refractivity contribution in [2.75, 3.05) is 26.4 Å². The molecule has 11 heteroatoms. The van der Waals surface area contributed by atoms with Gasteiger partial charge in [0.25, 0.3) is 5.91 Å². The van der Waals surface area contributed by atoms with Crippen molar-refractivity contribution >= 4 is 22.8 Å². The molecule has 8 nitrogen and oxygen atoms in total. The van der Waals surface area contributed by atoms with Crippen molar-refractivity contribution in [1.29, 1.82) is 0 Å². The molecule has 7 rings (SSSR count). The molecule has 0 radical (unpaired) electrons. The third-order valence-electron chi connectivity index (χ3n) is 9.08. The summed E-state index contributed by atoms with van der Waals surface area (Å²) in [6.07, 6.45) is -1.49. The molecular weight excluding hydrogens is 647 g/mol. The molecule has 2 aliphatic rings. The molecule has 1 unspecified atom stereocenters. The van der Waals surface area contributed by atoms with E-state index in [0.717, 1.165) is 17.2 Å². The van der Waals surface area contributed by atoms with Crippen molar-refractivity contribution < 1.29 is 37.0 Å². The number of hydrogen-bond acceptors (Lipinski definition) is 6. The fourth-order valence-corrected chi connectivity index (χ4v) is 6.54. The Bertz CT molecular complexity index is 2070. The smallest absolute Gasteiger partial charge is 0.418 e. The van der Waals surface area contributed by atoms with E-state index < -0.39 is 23.3 Å². The highest BCUT2D eigenvalue weighted by Gasteiger charge is 2.49.